The summed E-state index contributed by atoms with van der Waals surface area (Å²) in [7, 11) is 0. The third-order valence-electron chi connectivity index (χ3n) is 2.32. The molecule has 0 aliphatic rings. The van der Waals surface area contributed by atoms with Crippen LogP contribution in [0.25, 0.3) is 0 Å². The average Bonchev–Trinajstić information content (AvgIpc) is 1.99. The maximum Gasteiger partial charge on any atom is 0.0742 e. The molecule has 1 unspecified atom stereocenters. The first kappa shape index (κ1) is 14.8. The first-order valence-electron chi connectivity index (χ1n) is 5.85. The van der Waals surface area contributed by atoms with Crippen LogP contribution in [0, 0.1) is 11.8 Å². The van der Waals surface area contributed by atoms with E-state index in [-0.39, 0.29) is 0 Å². The second kappa shape index (κ2) is 7.18. The lowest BCUT2D eigenvalue weighted by Gasteiger charge is -2.31. The molecule has 2 nitrogen and oxygen atoms in total. The van der Waals surface area contributed by atoms with Gasteiger partial charge in [-0.25, -0.2) is 0 Å². The van der Waals surface area contributed by atoms with E-state index >= 15 is 0 Å². The molecule has 0 heterocycles. The van der Waals surface area contributed by atoms with Gasteiger partial charge in [-0.05, 0) is 18.8 Å². The van der Waals surface area contributed by atoms with E-state index in [0.717, 1.165) is 19.5 Å². The Morgan fingerprint density at radius 2 is 1.47 bits per heavy atom. The Morgan fingerprint density at radius 1 is 1.07 bits per heavy atom. The molecule has 1 atom stereocenters. The summed E-state index contributed by atoms with van der Waals surface area (Å²) in [6.07, 6.45) is 0.828. The van der Waals surface area contributed by atoms with Gasteiger partial charge in [0, 0.05) is 25.6 Å². The summed E-state index contributed by atoms with van der Waals surface area (Å²) in [5.41, 5.74) is 5.60. The van der Waals surface area contributed by atoms with Gasteiger partial charge < -0.3 is 5.73 Å². The minimum Gasteiger partial charge on any atom is -0.393 e. The maximum absolute atomic E-state index is 5.60. The molecule has 0 fully saturated rings. The van der Waals surface area contributed by atoms with Gasteiger partial charge in [0.25, 0.3) is 0 Å². The molecular weight excluding hydrogens is 204 g/mol. The Bertz CT molecular complexity index is 180. The van der Waals surface area contributed by atoms with E-state index in [1.807, 2.05) is 0 Å². The summed E-state index contributed by atoms with van der Waals surface area (Å²) in [6.45, 7) is 13.5. The van der Waals surface area contributed by atoms with Crippen LogP contribution in [0.15, 0.2) is 0 Å². The molecule has 3 heteroatoms. The van der Waals surface area contributed by atoms with Gasteiger partial charge in [-0.1, -0.05) is 39.9 Å². The molecule has 0 aromatic rings. The van der Waals surface area contributed by atoms with Crippen molar-refractivity contribution in [3.05, 3.63) is 0 Å². The molecule has 0 saturated heterocycles. The fraction of sp³-hybridized carbons (Fsp3) is 0.917. The zero-order valence-electron chi connectivity index (χ0n) is 10.8. The molecule has 2 N–H and O–H groups in total. The van der Waals surface area contributed by atoms with Gasteiger partial charge in [0.1, 0.15) is 0 Å². The van der Waals surface area contributed by atoms with Gasteiger partial charge in [-0.2, -0.15) is 0 Å². The molecule has 0 aromatic heterocycles. The van der Waals surface area contributed by atoms with Gasteiger partial charge >= 0.3 is 0 Å². The highest BCUT2D eigenvalue weighted by atomic mass is 32.1. The van der Waals surface area contributed by atoms with Crippen molar-refractivity contribution < 1.29 is 0 Å². The van der Waals surface area contributed by atoms with E-state index in [1.54, 1.807) is 0 Å². The van der Waals surface area contributed by atoms with E-state index in [0.29, 0.717) is 22.9 Å². The largest absolute Gasteiger partial charge is 0.393 e. The van der Waals surface area contributed by atoms with E-state index in [9.17, 15) is 0 Å². The maximum atomic E-state index is 5.60. The lowest BCUT2D eigenvalue weighted by molar-refractivity contribution is 0.170. The SMILES string of the molecule is CC(C)CN(CC(C)C)C(C)CC(N)=S. The van der Waals surface area contributed by atoms with E-state index in [4.69, 9.17) is 18.0 Å². The fourth-order valence-corrected chi connectivity index (χ4v) is 2.03. The average molecular weight is 230 g/mol. The van der Waals surface area contributed by atoms with Crippen LogP contribution < -0.4 is 5.73 Å². The molecule has 0 aromatic carbocycles. The van der Waals surface area contributed by atoms with Crippen molar-refractivity contribution in [2.75, 3.05) is 13.1 Å². The number of hydrogen-bond acceptors (Lipinski definition) is 2. The van der Waals surface area contributed by atoms with Gasteiger partial charge in [-0.3, -0.25) is 4.90 Å². The Hall–Kier alpha value is -0.150. The minimum absolute atomic E-state index is 0.465. The highest BCUT2D eigenvalue weighted by molar-refractivity contribution is 7.80. The standard InChI is InChI=1S/C12H26N2S/c1-9(2)7-14(8-10(3)4)11(5)6-12(13)15/h9-11H,6-8H2,1-5H3,(H2,13,15). The van der Waals surface area contributed by atoms with Gasteiger partial charge in [0.2, 0.25) is 0 Å². The van der Waals surface area contributed by atoms with Crippen molar-refractivity contribution in [3.63, 3.8) is 0 Å². The zero-order chi connectivity index (χ0) is 12.0. The van der Waals surface area contributed by atoms with E-state index in [2.05, 4.69) is 39.5 Å². The highest BCUT2D eigenvalue weighted by Gasteiger charge is 2.16. The lowest BCUT2D eigenvalue weighted by atomic mass is 10.1. The number of hydrogen-bond donors (Lipinski definition) is 1. The summed E-state index contributed by atoms with van der Waals surface area (Å²) in [4.78, 5) is 3.12. The van der Waals surface area contributed by atoms with Gasteiger partial charge in [0.15, 0.2) is 0 Å². The van der Waals surface area contributed by atoms with Crippen molar-refractivity contribution in [1.29, 1.82) is 0 Å². The molecule has 90 valence electrons. The van der Waals surface area contributed by atoms with Crippen molar-refractivity contribution in [3.8, 4) is 0 Å². The van der Waals surface area contributed by atoms with Crippen LogP contribution in [-0.2, 0) is 0 Å². The third kappa shape index (κ3) is 7.74. The number of nitrogens with two attached hydrogens (primary N) is 1. The van der Waals surface area contributed by atoms with Gasteiger partial charge in [0.05, 0.1) is 4.99 Å². The van der Waals surface area contributed by atoms with Crippen LogP contribution in [0.3, 0.4) is 0 Å². The monoisotopic (exact) mass is 230 g/mol. The number of rotatable bonds is 7. The van der Waals surface area contributed by atoms with Crippen molar-refractivity contribution >= 4 is 17.2 Å². The van der Waals surface area contributed by atoms with Gasteiger partial charge in [-0.15, -0.1) is 0 Å². The Morgan fingerprint density at radius 3 is 1.73 bits per heavy atom. The second-order valence-corrected chi connectivity index (χ2v) is 5.79. The molecule has 0 bridgehead atoms. The first-order valence-corrected chi connectivity index (χ1v) is 6.26. The normalized spacial score (nSPS) is 13.9. The lowest BCUT2D eigenvalue weighted by Crippen LogP contribution is -2.40. The topological polar surface area (TPSA) is 29.3 Å². The smallest absolute Gasteiger partial charge is 0.0742 e. The van der Waals surface area contributed by atoms with E-state index < -0.39 is 0 Å². The molecule has 0 aliphatic heterocycles. The number of nitrogens with zero attached hydrogens (tertiary/aromatic N) is 1. The van der Waals surface area contributed by atoms with Crippen LogP contribution in [0.4, 0.5) is 0 Å². The third-order valence-corrected chi connectivity index (χ3v) is 2.49. The summed E-state index contributed by atoms with van der Waals surface area (Å²) >= 11 is 4.97. The molecular formula is C12H26N2S. The zero-order valence-corrected chi connectivity index (χ0v) is 11.6. The van der Waals surface area contributed by atoms with Crippen molar-refractivity contribution in [2.24, 2.45) is 17.6 Å². The molecule has 15 heavy (non-hydrogen) atoms. The molecule has 0 saturated carbocycles. The Balaban J connectivity index is 4.26. The van der Waals surface area contributed by atoms with Crippen LogP contribution in [0.1, 0.15) is 41.0 Å². The highest BCUT2D eigenvalue weighted by Crippen LogP contribution is 2.10. The molecule has 0 amide bonds. The molecule has 0 aliphatic carbocycles. The van der Waals surface area contributed by atoms with Crippen LogP contribution in [0.5, 0.6) is 0 Å². The first-order chi connectivity index (χ1) is 6.82. The molecule has 0 rings (SSSR count). The van der Waals surface area contributed by atoms with Crippen LogP contribution in [0.2, 0.25) is 0 Å². The Kier molecular flexibility index (Phi) is 7.11. The number of thiocarbonyl (C=S) groups is 1. The predicted molar refractivity (Wildman–Crippen MR) is 72.1 cm³/mol. The summed E-state index contributed by atoms with van der Waals surface area (Å²) < 4.78 is 0. The van der Waals surface area contributed by atoms with Crippen LogP contribution in [-0.4, -0.2) is 29.0 Å². The quantitative estimate of drug-likeness (QED) is 0.682. The minimum atomic E-state index is 0.465. The summed E-state index contributed by atoms with van der Waals surface area (Å²) in [6, 6.07) is 0.465. The predicted octanol–water partition coefficient (Wildman–Crippen LogP) is 2.67. The van der Waals surface area contributed by atoms with Crippen LogP contribution >= 0.6 is 12.2 Å². The Labute approximate surface area is 100 Å². The second-order valence-electron chi connectivity index (χ2n) is 5.26. The van der Waals surface area contributed by atoms with Crippen molar-refractivity contribution in [1.82, 2.24) is 4.90 Å². The van der Waals surface area contributed by atoms with E-state index in [1.165, 1.54) is 0 Å². The summed E-state index contributed by atoms with van der Waals surface area (Å²) in [5.74, 6) is 1.38. The molecule has 0 radical (unpaired) electrons. The molecule has 0 spiro atoms. The fourth-order valence-electron chi connectivity index (χ4n) is 1.79. The van der Waals surface area contributed by atoms with Crippen molar-refractivity contribution in [2.45, 2.75) is 47.1 Å². The summed E-state index contributed by atoms with van der Waals surface area (Å²) in [5, 5.41) is 0.